The zero-order chi connectivity index (χ0) is 7.68. The summed E-state index contributed by atoms with van der Waals surface area (Å²) in [7, 11) is 1.82. The quantitative estimate of drug-likeness (QED) is 0.670. The lowest BCUT2D eigenvalue weighted by Crippen LogP contribution is -1.81. The largest absolute Gasteiger partial charge is 0.441 e. The standard InChI is InChI=1S/C8H8N2O/c1-9-8-4-6-5-10-3-2-7(6)11-8/h2-5,9H,1H3. The van der Waals surface area contributed by atoms with Gasteiger partial charge in [-0.2, -0.15) is 0 Å². The van der Waals surface area contributed by atoms with E-state index in [-0.39, 0.29) is 0 Å². The molecule has 3 nitrogen and oxygen atoms in total. The van der Waals surface area contributed by atoms with Crippen LogP contribution in [0.25, 0.3) is 11.0 Å². The average Bonchev–Trinajstić information content (AvgIpc) is 2.46. The lowest BCUT2D eigenvalue weighted by atomic mass is 10.3. The van der Waals surface area contributed by atoms with E-state index in [1.165, 1.54) is 0 Å². The van der Waals surface area contributed by atoms with E-state index in [9.17, 15) is 0 Å². The molecule has 0 spiro atoms. The van der Waals surface area contributed by atoms with E-state index >= 15 is 0 Å². The van der Waals surface area contributed by atoms with Gasteiger partial charge in [0.1, 0.15) is 5.58 Å². The zero-order valence-corrected chi connectivity index (χ0v) is 6.16. The topological polar surface area (TPSA) is 38.1 Å². The van der Waals surface area contributed by atoms with Crippen LogP contribution in [0.15, 0.2) is 28.9 Å². The minimum atomic E-state index is 0.771. The van der Waals surface area contributed by atoms with Crippen LogP contribution in [0.2, 0.25) is 0 Å². The molecular weight excluding hydrogens is 140 g/mol. The third-order valence-electron chi connectivity index (χ3n) is 1.56. The first-order chi connectivity index (χ1) is 5.40. The average molecular weight is 148 g/mol. The molecule has 0 atom stereocenters. The van der Waals surface area contributed by atoms with E-state index in [1.807, 2.05) is 19.2 Å². The maximum atomic E-state index is 5.37. The van der Waals surface area contributed by atoms with E-state index in [0.717, 1.165) is 16.9 Å². The molecule has 56 valence electrons. The molecule has 2 heterocycles. The highest BCUT2D eigenvalue weighted by Crippen LogP contribution is 2.20. The summed E-state index contributed by atoms with van der Waals surface area (Å²) in [6.45, 7) is 0. The molecule has 0 saturated carbocycles. The Kier molecular flexibility index (Phi) is 1.28. The van der Waals surface area contributed by atoms with Crippen molar-refractivity contribution in [2.75, 3.05) is 12.4 Å². The molecule has 2 aromatic heterocycles. The van der Waals surface area contributed by atoms with Crippen molar-refractivity contribution in [3.8, 4) is 0 Å². The highest BCUT2D eigenvalue weighted by atomic mass is 16.3. The Morgan fingerprint density at radius 1 is 1.55 bits per heavy atom. The maximum absolute atomic E-state index is 5.37. The van der Waals surface area contributed by atoms with Crippen molar-refractivity contribution in [1.29, 1.82) is 0 Å². The Labute approximate surface area is 64.0 Å². The van der Waals surface area contributed by atoms with Gasteiger partial charge in [-0.15, -0.1) is 0 Å². The van der Waals surface area contributed by atoms with Crippen molar-refractivity contribution in [2.24, 2.45) is 0 Å². The molecule has 0 aliphatic heterocycles. The summed E-state index contributed by atoms with van der Waals surface area (Å²) in [5.41, 5.74) is 0.865. The molecule has 0 aliphatic carbocycles. The predicted octanol–water partition coefficient (Wildman–Crippen LogP) is 1.87. The van der Waals surface area contributed by atoms with Crippen LogP contribution in [0.1, 0.15) is 0 Å². The predicted molar refractivity (Wildman–Crippen MR) is 43.6 cm³/mol. The Hall–Kier alpha value is -1.51. The van der Waals surface area contributed by atoms with Crippen LogP contribution in [0.5, 0.6) is 0 Å². The van der Waals surface area contributed by atoms with Crippen molar-refractivity contribution < 1.29 is 4.42 Å². The van der Waals surface area contributed by atoms with Crippen LogP contribution in [0.4, 0.5) is 5.88 Å². The summed E-state index contributed by atoms with van der Waals surface area (Å²) in [4.78, 5) is 3.97. The van der Waals surface area contributed by atoms with Gasteiger partial charge < -0.3 is 9.73 Å². The van der Waals surface area contributed by atoms with Gasteiger partial charge in [-0.25, -0.2) is 0 Å². The van der Waals surface area contributed by atoms with Crippen LogP contribution < -0.4 is 5.32 Å². The Bertz CT molecular complexity index is 334. The smallest absolute Gasteiger partial charge is 0.193 e. The SMILES string of the molecule is CNc1cc2cnccc2o1. The third kappa shape index (κ3) is 0.941. The molecule has 0 fully saturated rings. The molecule has 0 saturated heterocycles. The van der Waals surface area contributed by atoms with Crippen LogP contribution >= 0.6 is 0 Å². The number of rotatable bonds is 1. The molecule has 3 heteroatoms. The number of nitrogens with one attached hydrogen (secondary N) is 1. The molecule has 0 aromatic carbocycles. The summed E-state index contributed by atoms with van der Waals surface area (Å²) in [5, 5.41) is 3.95. The first kappa shape index (κ1) is 6.22. The first-order valence-corrected chi connectivity index (χ1v) is 3.41. The number of furan rings is 1. The van der Waals surface area contributed by atoms with Gasteiger partial charge >= 0.3 is 0 Å². The van der Waals surface area contributed by atoms with Gasteiger partial charge in [0.2, 0.25) is 0 Å². The van der Waals surface area contributed by atoms with Gasteiger partial charge in [0.05, 0.1) is 0 Å². The zero-order valence-electron chi connectivity index (χ0n) is 6.16. The molecule has 0 unspecified atom stereocenters. The third-order valence-corrected chi connectivity index (χ3v) is 1.56. The number of anilines is 1. The molecular formula is C8H8N2O. The number of hydrogen-bond acceptors (Lipinski definition) is 3. The lowest BCUT2D eigenvalue weighted by Gasteiger charge is -1.87. The first-order valence-electron chi connectivity index (χ1n) is 3.41. The second-order valence-electron chi connectivity index (χ2n) is 2.27. The van der Waals surface area contributed by atoms with Crippen LogP contribution in [0.3, 0.4) is 0 Å². The van der Waals surface area contributed by atoms with Gasteiger partial charge in [0, 0.05) is 30.9 Å². The number of pyridine rings is 1. The van der Waals surface area contributed by atoms with E-state index < -0.39 is 0 Å². The highest BCUT2D eigenvalue weighted by molar-refractivity contribution is 5.79. The second kappa shape index (κ2) is 2.27. The highest BCUT2D eigenvalue weighted by Gasteiger charge is 1.99. The number of aromatic nitrogens is 1. The molecule has 0 bridgehead atoms. The fourth-order valence-corrected chi connectivity index (χ4v) is 1.01. The van der Waals surface area contributed by atoms with Crippen LogP contribution in [-0.2, 0) is 0 Å². The Morgan fingerprint density at radius 3 is 3.18 bits per heavy atom. The van der Waals surface area contributed by atoms with Gasteiger partial charge in [-0.05, 0) is 6.07 Å². The lowest BCUT2D eigenvalue weighted by molar-refractivity contribution is 0.631. The van der Waals surface area contributed by atoms with Crippen molar-refractivity contribution >= 4 is 16.9 Å². The molecule has 0 aliphatic rings. The summed E-state index contributed by atoms with van der Waals surface area (Å²) in [5.74, 6) is 0.771. The summed E-state index contributed by atoms with van der Waals surface area (Å²) < 4.78 is 5.37. The normalized spacial score (nSPS) is 10.3. The maximum Gasteiger partial charge on any atom is 0.193 e. The summed E-state index contributed by atoms with van der Waals surface area (Å²) >= 11 is 0. The fourth-order valence-electron chi connectivity index (χ4n) is 1.01. The summed E-state index contributed by atoms with van der Waals surface area (Å²) in [6.07, 6.45) is 3.49. The second-order valence-corrected chi connectivity index (χ2v) is 2.27. The number of nitrogens with zero attached hydrogens (tertiary/aromatic N) is 1. The Balaban J connectivity index is 2.69. The van der Waals surface area contributed by atoms with Crippen molar-refractivity contribution in [3.63, 3.8) is 0 Å². The molecule has 0 amide bonds. The molecule has 2 rings (SSSR count). The fraction of sp³-hybridized carbons (Fsp3) is 0.125. The van der Waals surface area contributed by atoms with Crippen LogP contribution in [-0.4, -0.2) is 12.0 Å². The van der Waals surface area contributed by atoms with E-state index in [4.69, 9.17) is 4.42 Å². The van der Waals surface area contributed by atoms with Crippen molar-refractivity contribution in [1.82, 2.24) is 4.98 Å². The van der Waals surface area contributed by atoms with Gasteiger partial charge in [0.25, 0.3) is 0 Å². The minimum absolute atomic E-state index is 0.771. The van der Waals surface area contributed by atoms with Crippen LogP contribution in [0, 0.1) is 0 Å². The van der Waals surface area contributed by atoms with Crippen molar-refractivity contribution in [3.05, 3.63) is 24.5 Å². The molecule has 0 radical (unpaired) electrons. The Morgan fingerprint density at radius 2 is 2.45 bits per heavy atom. The van der Waals surface area contributed by atoms with E-state index in [0.29, 0.717) is 0 Å². The molecule has 11 heavy (non-hydrogen) atoms. The van der Waals surface area contributed by atoms with Gasteiger partial charge in [0.15, 0.2) is 5.88 Å². The summed E-state index contributed by atoms with van der Waals surface area (Å²) in [6, 6.07) is 3.76. The number of fused-ring (bicyclic) bond motifs is 1. The monoisotopic (exact) mass is 148 g/mol. The van der Waals surface area contributed by atoms with Gasteiger partial charge in [-0.1, -0.05) is 0 Å². The molecule has 1 N–H and O–H groups in total. The van der Waals surface area contributed by atoms with E-state index in [2.05, 4.69) is 10.3 Å². The van der Waals surface area contributed by atoms with Crippen molar-refractivity contribution in [2.45, 2.75) is 0 Å². The minimum Gasteiger partial charge on any atom is -0.441 e. The van der Waals surface area contributed by atoms with E-state index in [1.54, 1.807) is 12.4 Å². The molecule has 2 aromatic rings. The number of hydrogen-bond donors (Lipinski definition) is 1. The van der Waals surface area contributed by atoms with Gasteiger partial charge in [-0.3, -0.25) is 4.98 Å².